The van der Waals surface area contributed by atoms with Gasteiger partial charge in [-0.1, -0.05) is 64.8 Å². The molecule has 57 heavy (non-hydrogen) atoms. The first-order valence-electron chi connectivity index (χ1n) is 20.1. The SMILES string of the molecule is COc1c(O)ccc2c1-c1ccc3ccc(O)cc3c1[C@@H]1CC[C@H](C[C@H](O)CSS1)[C@@H](O[C@H](NC1CCCC1)c1ccc(NCC(C)=O)c(CO)c1)CC(=O)CC2. The molecule has 2 aliphatic carbocycles. The van der Waals surface area contributed by atoms with Gasteiger partial charge >= 0.3 is 0 Å². The van der Waals surface area contributed by atoms with Crippen LogP contribution in [0.3, 0.4) is 0 Å². The molecule has 4 aromatic carbocycles. The zero-order chi connectivity index (χ0) is 40.1. The lowest BCUT2D eigenvalue weighted by molar-refractivity contribution is -0.128. The fourth-order valence-corrected chi connectivity index (χ4v) is 11.7. The van der Waals surface area contributed by atoms with Gasteiger partial charge in [0.1, 0.15) is 23.5 Å². The van der Waals surface area contributed by atoms with Gasteiger partial charge in [0.2, 0.25) is 0 Å². The van der Waals surface area contributed by atoms with E-state index in [0.717, 1.165) is 64.3 Å². The Morgan fingerprint density at radius 2 is 1.79 bits per heavy atom. The van der Waals surface area contributed by atoms with Crippen molar-refractivity contribution in [2.24, 2.45) is 5.92 Å². The van der Waals surface area contributed by atoms with E-state index in [1.54, 1.807) is 40.8 Å². The number of fused-ring (bicyclic) bond motifs is 9. The molecule has 1 saturated heterocycles. The van der Waals surface area contributed by atoms with Crippen LogP contribution >= 0.6 is 21.6 Å². The summed E-state index contributed by atoms with van der Waals surface area (Å²) < 4.78 is 13.1. The maximum absolute atomic E-state index is 14.2. The standard InChI is InChI=1S/C45H54N2O8S2/c1-26(49)23-46-38-16-10-30(19-31(38)24-48)45(47-32-5-3-4-6-32)55-40-22-34(51)14-8-28-11-17-39(53)44(54-2)42(28)36-15-9-27-7-13-33(50)21-37(27)43(36)41-18-12-29(40)20-35(52)25-56-57-41/h7,9-11,13,15-17,19,21,29,32,35,40-41,45-48,50,52-53H,3-6,8,12,14,18,20,22-25H2,1-2H3/t29-,35+,40+,41+,45+/m1/s1. The Bertz CT molecular complexity index is 2070. The van der Waals surface area contributed by atoms with Gasteiger partial charge in [0, 0.05) is 46.7 Å². The number of aryl methyl sites for hydroxylation is 1. The van der Waals surface area contributed by atoms with Crippen molar-refractivity contribution in [1.82, 2.24) is 5.32 Å². The van der Waals surface area contributed by atoms with Crippen molar-refractivity contribution in [2.75, 3.05) is 24.7 Å². The monoisotopic (exact) mass is 814 g/mol. The Hall–Kier alpha value is -3.78. The van der Waals surface area contributed by atoms with Crippen LogP contribution in [0.15, 0.2) is 60.7 Å². The van der Waals surface area contributed by atoms with E-state index in [4.69, 9.17) is 9.47 Å². The van der Waals surface area contributed by atoms with Crippen LogP contribution in [0.5, 0.6) is 17.2 Å². The molecule has 0 radical (unpaired) electrons. The normalized spacial score (nSPS) is 22.6. The summed E-state index contributed by atoms with van der Waals surface area (Å²) >= 11 is 0. The molecule has 1 saturated carbocycles. The van der Waals surface area contributed by atoms with Gasteiger partial charge in [0.25, 0.3) is 0 Å². The summed E-state index contributed by atoms with van der Waals surface area (Å²) in [4.78, 5) is 26.0. The molecule has 3 aliphatic rings. The van der Waals surface area contributed by atoms with Crippen molar-refractivity contribution in [1.29, 1.82) is 0 Å². The summed E-state index contributed by atoms with van der Waals surface area (Å²) in [5.41, 5.74) is 5.66. The minimum atomic E-state index is -0.622. The molecule has 12 heteroatoms. The predicted molar refractivity (Wildman–Crippen MR) is 228 cm³/mol. The number of methoxy groups -OCH3 is 1. The van der Waals surface area contributed by atoms with Crippen molar-refractivity contribution in [3.63, 3.8) is 0 Å². The Morgan fingerprint density at radius 3 is 2.56 bits per heavy atom. The highest BCUT2D eigenvalue weighted by atomic mass is 33.1. The number of hydrogen-bond donors (Lipinski definition) is 6. The lowest BCUT2D eigenvalue weighted by Gasteiger charge is -2.34. The van der Waals surface area contributed by atoms with Crippen LogP contribution in [-0.2, 0) is 27.4 Å². The molecular formula is C45H54N2O8S2. The number of aliphatic hydroxyl groups excluding tert-OH is 2. The molecule has 0 unspecified atom stereocenters. The van der Waals surface area contributed by atoms with Crippen LogP contribution in [0, 0.1) is 5.92 Å². The fraction of sp³-hybridized carbons (Fsp3) is 0.467. The van der Waals surface area contributed by atoms with Crippen LogP contribution in [0.4, 0.5) is 5.69 Å². The van der Waals surface area contributed by atoms with E-state index in [-0.39, 0.29) is 66.3 Å². The summed E-state index contributed by atoms with van der Waals surface area (Å²) in [6.07, 6.45) is 5.15. The van der Waals surface area contributed by atoms with Gasteiger partial charge in [0.05, 0.1) is 32.5 Å². The molecule has 5 atom stereocenters. The molecule has 4 aromatic rings. The third-order valence-electron chi connectivity index (χ3n) is 11.7. The van der Waals surface area contributed by atoms with Crippen LogP contribution in [-0.4, -0.2) is 69.6 Å². The predicted octanol–water partition coefficient (Wildman–Crippen LogP) is 8.52. The zero-order valence-corrected chi connectivity index (χ0v) is 34.3. The maximum atomic E-state index is 14.2. The first kappa shape index (κ1) is 41.4. The maximum Gasteiger partial charge on any atom is 0.168 e. The number of anilines is 1. The third kappa shape index (κ3) is 9.75. The highest BCUT2D eigenvalue weighted by molar-refractivity contribution is 8.76. The van der Waals surface area contributed by atoms with Crippen molar-refractivity contribution in [3.05, 3.63) is 82.9 Å². The molecule has 0 aromatic heterocycles. The molecule has 0 spiro atoms. The third-order valence-corrected chi connectivity index (χ3v) is 14.6. The van der Waals surface area contributed by atoms with Gasteiger partial charge in [-0.2, -0.15) is 0 Å². The van der Waals surface area contributed by atoms with Gasteiger partial charge in [-0.25, -0.2) is 0 Å². The zero-order valence-electron chi connectivity index (χ0n) is 32.7. The number of phenols is 2. The smallest absolute Gasteiger partial charge is 0.168 e. The van der Waals surface area contributed by atoms with Crippen LogP contribution in [0.2, 0.25) is 0 Å². The van der Waals surface area contributed by atoms with Crippen molar-refractivity contribution in [2.45, 2.75) is 107 Å². The minimum absolute atomic E-state index is 0.00909. The van der Waals surface area contributed by atoms with Crippen molar-refractivity contribution in [3.8, 4) is 28.4 Å². The molecule has 10 nitrogen and oxygen atoms in total. The van der Waals surface area contributed by atoms with Crippen LogP contribution < -0.4 is 15.4 Å². The molecule has 0 amide bonds. The number of aromatic hydroxyl groups is 2. The van der Waals surface area contributed by atoms with E-state index >= 15 is 0 Å². The second-order valence-corrected chi connectivity index (χ2v) is 18.4. The van der Waals surface area contributed by atoms with E-state index in [0.29, 0.717) is 48.4 Å². The number of phenolic OH excluding ortho intramolecular Hbond substituents is 2. The molecule has 2 fully saturated rings. The van der Waals surface area contributed by atoms with E-state index in [2.05, 4.69) is 16.7 Å². The molecule has 1 aliphatic heterocycles. The lowest BCUT2D eigenvalue weighted by Crippen LogP contribution is -2.39. The van der Waals surface area contributed by atoms with Gasteiger partial charge in [-0.3, -0.25) is 14.9 Å². The summed E-state index contributed by atoms with van der Waals surface area (Å²) in [5, 5.41) is 52.5. The second kappa shape index (κ2) is 18.9. The molecule has 1 heterocycles. The minimum Gasteiger partial charge on any atom is -0.508 e. The average Bonchev–Trinajstić information content (AvgIpc) is 3.74. The first-order valence-corrected chi connectivity index (χ1v) is 22.5. The molecular weight excluding hydrogens is 761 g/mol. The number of hydrogen-bond acceptors (Lipinski definition) is 12. The highest BCUT2D eigenvalue weighted by Gasteiger charge is 2.35. The van der Waals surface area contributed by atoms with Gasteiger partial charge in [0.15, 0.2) is 11.5 Å². The lowest BCUT2D eigenvalue weighted by atomic mass is 9.85. The summed E-state index contributed by atoms with van der Waals surface area (Å²) in [6.45, 7) is 1.44. The highest BCUT2D eigenvalue weighted by Crippen LogP contribution is 2.53. The Morgan fingerprint density at radius 1 is 0.982 bits per heavy atom. The number of nitrogens with one attached hydrogen (secondary N) is 2. The summed E-state index contributed by atoms with van der Waals surface area (Å²) in [5.74, 6) is 0.856. The Labute approximate surface area is 342 Å². The average molecular weight is 815 g/mol. The number of benzene rings is 4. The van der Waals surface area contributed by atoms with Crippen molar-refractivity contribution >= 4 is 49.6 Å². The van der Waals surface area contributed by atoms with E-state index in [1.807, 2.05) is 42.5 Å². The van der Waals surface area contributed by atoms with Crippen LogP contribution in [0.25, 0.3) is 21.9 Å². The number of carbonyl (C=O) groups is 2. The topological polar surface area (TPSA) is 158 Å². The molecule has 6 N–H and O–H groups in total. The molecule has 304 valence electrons. The summed E-state index contributed by atoms with van der Waals surface area (Å²) in [6, 6.07) is 19.0. The van der Waals surface area contributed by atoms with Gasteiger partial charge in [-0.15, -0.1) is 0 Å². The van der Waals surface area contributed by atoms with E-state index in [1.165, 1.54) is 6.92 Å². The number of Topliss-reactive ketones (excluding diaryl/α,β-unsaturated/α-hetero) is 2. The van der Waals surface area contributed by atoms with E-state index < -0.39 is 18.4 Å². The number of ether oxygens (including phenoxy) is 2. The number of rotatable bonds is 10. The number of carbonyl (C=O) groups excluding carboxylic acids is 2. The fourth-order valence-electron chi connectivity index (χ4n) is 8.82. The second-order valence-electron chi connectivity index (χ2n) is 15.8. The summed E-state index contributed by atoms with van der Waals surface area (Å²) in [7, 11) is 4.88. The largest absolute Gasteiger partial charge is 0.508 e. The first-order chi connectivity index (χ1) is 27.6. The Balaban J connectivity index is 1.32. The van der Waals surface area contributed by atoms with E-state index in [9.17, 15) is 30.0 Å². The van der Waals surface area contributed by atoms with Gasteiger partial charge in [-0.05, 0) is 115 Å². The van der Waals surface area contributed by atoms with Gasteiger partial charge < -0.3 is 35.2 Å². The quantitative estimate of drug-likeness (QED) is 0.0671. The molecule has 7 rings (SSSR count). The van der Waals surface area contributed by atoms with Crippen molar-refractivity contribution < 1.29 is 39.5 Å². The number of aliphatic hydroxyl groups is 2. The van der Waals surface area contributed by atoms with Crippen LogP contribution in [0.1, 0.15) is 98.4 Å². The number of ketones is 2. The molecule has 2 bridgehead atoms. The Kier molecular flexibility index (Phi) is 13.7.